The van der Waals surface area contributed by atoms with Crippen LogP contribution in [0.5, 0.6) is 5.75 Å². The fourth-order valence-corrected chi connectivity index (χ4v) is 1.78. The lowest BCUT2D eigenvalue weighted by molar-refractivity contribution is -0.111. The van der Waals surface area contributed by atoms with E-state index in [1.54, 1.807) is 30.1 Å². The van der Waals surface area contributed by atoms with Crippen LogP contribution in [0.25, 0.3) is 6.08 Å². The summed E-state index contributed by atoms with van der Waals surface area (Å²) in [4.78, 5) is 11.8. The Morgan fingerprint density at radius 3 is 3.05 bits per heavy atom. The van der Waals surface area contributed by atoms with Crippen LogP contribution in [0.1, 0.15) is 12.5 Å². The summed E-state index contributed by atoms with van der Waals surface area (Å²) in [6, 6.07) is 9.27. The number of ether oxygens (including phenoxy) is 1. The average molecular weight is 271 g/mol. The Bertz CT molecular complexity index is 617. The van der Waals surface area contributed by atoms with Crippen molar-refractivity contribution < 1.29 is 9.53 Å². The Morgan fingerprint density at radius 1 is 1.45 bits per heavy atom. The van der Waals surface area contributed by atoms with E-state index in [1.165, 1.54) is 6.08 Å². The molecule has 0 aliphatic carbocycles. The summed E-state index contributed by atoms with van der Waals surface area (Å²) in [5, 5.41) is 6.87. The van der Waals surface area contributed by atoms with Crippen molar-refractivity contribution >= 4 is 17.8 Å². The van der Waals surface area contributed by atoms with E-state index in [4.69, 9.17) is 4.74 Å². The highest BCUT2D eigenvalue weighted by molar-refractivity contribution is 6.01. The lowest BCUT2D eigenvalue weighted by Crippen LogP contribution is -2.12. The fraction of sp³-hybridized carbons (Fsp3) is 0.200. The zero-order chi connectivity index (χ0) is 14.4. The molecule has 5 nitrogen and oxygen atoms in total. The number of carbonyl (C=O) groups excluding carboxylic acids is 1. The van der Waals surface area contributed by atoms with Gasteiger partial charge in [0.1, 0.15) is 11.6 Å². The van der Waals surface area contributed by atoms with Crippen LogP contribution in [-0.2, 0) is 11.3 Å². The highest BCUT2D eigenvalue weighted by Crippen LogP contribution is 2.13. The molecule has 0 atom stereocenters. The third kappa shape index (κ3) is 3.47. The van der Waals surface area contributed by atoms with Gasteiger partial charge in [-0.1, -0.05) is 12.1 Å². The van der Waals surface area contributed by atoms with Crippen LogP contribution in [-0.4, -0.2) is 22.8 Å². The van der Waals surface area contributed by atoms with Gasteiger partial charge in [0.05, 0.1) is 13.3 Å². The number of rotatable bonds is 5. The van der Waals surface area contributed by atoms with Gasteiger partial charge >= 0.3 is 0 Å². The summed E-state index contributed by atoms with van der Waals surface area (Å²) in [7, 11) is 1.61. The number of anilines is 1. The van der Waals surface area contributed by atoms with E-state index in [9.17, 15) is 4.79 Å². The zero-order valence-corrected chi connectivity index (χ0v) is 11.5. The largest absolute Gasteiger partial charge is 0.497 e. The van der Waals surface area contributed by atoms with Crippen molar-refractivity contribution in [2.75, 3.05) is 12.4 Å². The molecule has 0 radical (unpaired) electrons. The van der Waals surface area contributed by atoms with E-state index < -0.39 is 0 Å². The Balaban J connectivity index is 2.02. The molecule has 1 aromatic heterocycles. The molecule has 0 saturated carbocycles. The molecule has 20 heavy (non-hydrogen) atoms. The maximum atomic E-state index is 11.8. The molecule has 2 rings (SSSR count). The first-order valence-corrected chi connectivity index (χ1v) is 6.38. The second kappa shape index (κ2) is 6.56. The molecule has 1 aromatic carbocycles. The van der Waals surface area contributed by atoms with E-state index in [0.29, 0.717) is 12.4 Å². The number of aromatic nitrogens is 2. The van der Waals surface area contributed by atoms with E-state index in [0.717, 1.165) is 11.3 Å². The molecule has 0 aliphatic rings. The molecule has 1 heterocycles. The predicted octanol–water partition coefficient (Wildman–Crippen LogP) is 2.56. The summed E-state index contributed by atoms with van der Waals surface area (Å²) in [5.41, 5.74) is 0.906. The van der Waals surface area contributed by atoms with Crippen molar-refractivity contribution in [2.24, 2.45) is 0 Å². The van der Waals surface area contributed by atoms with Gasteiger partial charge in [0.15, 0.2) is 0 Å². The molecular formula is C15H17N3O2. The number of hydrogen-bond acceptors (Lipinski definition) is 3. The maximum absolute atomic E-state index is 11.8. The highest BCUT2D eigenvalue weighted by atomic mass is 16.5. The second-order valence-corrected chi connectivity index (χ2v) is 4.13. The summed E-state index contributed by atoms with van der Waals surface area (Å²) < 4.78 is 6.85. The molecule has 0 saturated heterocycles. The number of nitrogens with zero attached hydrogens (tertiary/aromatic N) is 2. The fourth-order valence-electron chi connectivity index (χ4n) is 1.78. The number of hydrogen-bond donors (Lipinski definition) is 1. The average Bonchev–Trinajstić information content (AvgIpc) is 2.92. The molecule has 0 aliphatic heterocycles. The van der Waals surface area contributed by atoms with Crippen LogP contribution in [0, 0.1) is 0 Å². The smallest absolute Gasteiger partial charge is 0.249 e. The first-order valence-electron chi connectivity index (χ1n) is 6.38. The third-order valence-corrected chi connectivity index (χ3v) is 2.79. The molecular weight excluding hydrogens is 254 g/mol. The quantitative estimate of drug-likeness (QED) is 0.850. The minimum Gasteiger partial charge on any atom is -0.497 e. The van der Waals surface area contributed by atoms with Gasteiger partial charge < -0.3 is 10.1 Å². The van der Waals surface area contributed by atoms with Crippen LogP contribution in [0.15, 0.2) is 42.6 Å². The van der Waals surface area contributed by atoms with Crippen LogP contribution < -0.4 is 10.1 Å². The van der Waals surface area contributed by atoms with Crippen molar-refractivity contribution in [2.45, 2.75) is 13.5 Å². The Hall–Kier alpha value is -2.56. The summed E-state index contributed by atoms with van der Waals surface area (Å²) in [6.07, 6.45) is 4.89. The number of carbonyl (C=O) groups is 1. The maximum Gasteiger partial charge on any atom is 0.249 e. The standard InChI is InChI=1S/C15H17N3O2/c1-3-18-14(9-10-16-18)17-15(19)8-7-12-5-4-6-13(11-12)20-2/h4-11H,3H2,1-2H3,(H,17,19)/b8-7+. The van der Waals surface area contributed by atoms with Gasteiger partial charge in [-0.3, -0.25) is 4.79 Å². The van der Waals surface area contributed by atoms with Crippen molar-refractivity contribution in [3.8, 4) is 5.75 Å². The molecule has 1 amide bonds. The van der Waals surface area contributed by atoms with Crippen LogP contribution in [0.3, 0.4) is 0 Å². The number of nitrogens with one attached hydrogen (secondary N) is 1. The van der Waals surface area contributed by atoms with E-state index >= 15 is 0 Å². The predicted molar refractivity (Wildman–Crippen MR) is 78.6 cm³/mol. The van der Waals surface area contributed by atoms with Gasteiger partial charge in [0.25, 0.3) is 0 Å². The molecule has 0 fully saturated rings. The zero-order valence-electron chi connectivity index (χ0n) is 11.5. The van der Waals surface area contributed by atoms with E-state index in [-0.39, 0.29) is 5.91 Å². The van der Waals surface area contributed by atoms with Gasteiger partial charge in [-0.25, -0.2) is 4.68 Å². The van der Waals surface area contributed by atoms with Gasteiger partial charge in [-0.2, -0.15) is 5.10 Å². The van der Waals surface area contributed by atoms with Crippen molar-refractivity contribution in [3.63, 3.8) is 0 Å². The number of amides is 1. The normalized spacial score (nSPS) is 10.7. The van der Waals surface area contributed by atoms with Crippen LogP contribution in [0.2, 0.25) is 0 Å². The number of methoxy groups -OCH3 is 1. The van der Waals surface area contributed by atoms with Crippen molar-refractivity contribution in [3.05, 3.63) is 48.2 Å². The molecule has 1 N–H and O–H groups in total. The highest BCUT2D eigenvalue weighted by Gasteiger charge is 2.03. The lowest BCUT2D eigenvalue weighted by Gasteiger charge is -2.04. The van der Waals surface area contributed by atoms with Gasteiger partial charge in [-0.05, 0) is 30.7 Å². The third-order valence-electron chi connectivity index (χ3n) is 2.79. The van der Waals surface area contributed by atoms with E-state index in [1.807, 2.05) is 31.2 Å². The lowest BCUT2D eigenvalue weighted by atomic mass is 10.2. The van der Waals surface area contributed by atoms with Crippen molar-refractivity contribution in [1.29, 1.82) is 0 Å². The number of aryl methyl sites for hydroxylation is 1. The Labute approximate surface area is 117 Å². The molecule has 5 heteroatoms. The first kappa shape index (κ1) is 13.9. The molecule has 2 aromatic rings. The molecule has 0 spiro atoms. The van der Waals surface area contributed by atoms with Crippen molar-refractivity contribution in [1.82, 2.24) is 9.78 Å². The number of benzene rings is 1. The van der Waals surface area contributed by atoms with E-state index in [2.05, 4.69) is 10.4 Å². The molecule has 104 valence electrons. The summed E-state index contributed by atoms with van der Waals surface area (Å²) in [6.45, 7) is 2.68. The van der Waals surface area contributed by atoms with Gasteiger partial charge in [0.2, 0.25) is 5.91 Å². The summed E-state index contributed by atoms with van der Waals surface area (Å²) >= 11 is 0. The van der Waals surface area contributed by atoms with Gasteiger partial charge in [0, 0.05) is 18.7 Å². The van der Waals surface area contributed by atoms with Crippen LogP contribution >= 0.6 is 0 Å². The molecule has 0 unspecified atom stereocenters. The topological polar surface area (TPSA) is 56.2 Å². The Kier molecular flexibility index (Phi) is 4.55. The minimum absolute atomic E-state index is 0.192. The van der Waals surface area contributed by atoms with Gasteiger partial charge in [-0.15, -0.1) is 0 Å². The molecule has 0 bridgehead atoms. The van der Waals surface area contributed by atoms with Crippen LogP contribution in [0.4, 0.5) is 5.82 Å². The Morgan fingerprint density at radius 2 is 2.30 bits per heavy atom. The minimum atomic E-state index is -0.192. The summed E-state index contributed by atoms with van der Waals surface area (Å²) in [5.74, 6) is 1.26. The first-order chi connectivity index (χ1) is 9.72. The second-order valence-electron chi connectivity index (χ2n) is 4.13. The monoisotopic (exact) mass is 271 g/mol. The SMILES string of the molecule is CCn1nccc1NC(=O)/C=C/c1cccc(OC)c1.